The third-order valence-electron chi connectivity index (χ3n) is 6.37. The van der Waals surface area contributed by atoms with Gasteiger partial charge < -0.3 is 20.3 Å². The van der Waals surface area contributed by atoms with Crippen LogP contribution in [-0.2, 0) is 11.3 Å². The molecule has 0 bridgehead atoms. The summed E-state index contributed by atoms with van der Waals surface area (Å²) < 4.78 is 5.54. The predicted molar refractivity (Wildman–Crippen MR) is 135 cm³/mol. The average Bonchev–Trinajstić information content (AvgIpc) is 3.25. The highest BCUT2D eigenvalue weighted by Gasteiger charge is 2.27. The maximum absolute atomic E-state index is 13.0. The fourth-order valence-corrected chi connectivity index (χ4v) is 4.25. The third-order valence-corrected chi connectivity index (χ3v) is 6.37. The molecule has 35 heavy (non-hydrogen) atoms. The molecule has 1 aromatic heterocycles. The van der Waals surface area contributed by atoms with Crippen molar-refractivity contribution >= 4 is 23.2 Å². The lowest BCUT2D eigenvalue weighted by atomic mass is 9.96. The first-order valence-electron chi connectivity index (χ1n) is 11.5. The third kappa shape index (κ3) is 4.28. The number of nitrogens with one attached hydrogen (secondary N) is 2. The molecule has 5 rings (SSSR count). The van der Waals surface area contributed by atoms with Crippen molar-refractivity contribution in [2.45, 2.75) is 6.54 Å². The molecule has 178 valence electrons. The fourth-order valence-electron chi connectivity index (χ4n) is 4.25. The molecule has 0 radical (unpaired) electrons. The van der Waals surface area contributed by atoms with E-state index >= 15 is 0 Å². The number of aromatic nitrogens is 1. The van der Waals surface area contributed by atoms with E-state index in [9.17, 15) is 9.59 Å². The lowest BCUT2D eigenvalue weighted by Gasteiger charge is -2.26. The Labute approximate surface area is 204 Å². The van der Waals surface area contributed by atoms with Crippen LogP contribution < -0.4 is 15.4 Å². The van der Waals surface area contributed by atoms with Gasteiger partial charge >= 0.3 is 0 Å². The number of hydrogen-bond donors (Lipinski definition) is 2. The van der Waals surface area contributed by atoms with Gasteiger partial charge in [0.1, 0.15) is 5.75 Å². The van der Waals surface area contributed by atoms with Crippen LogP contribution in [0.2, 0.25) is 0 Å². The number of pyridine rings is 1. The Kier molecular flexibility index (Phi) is 6.05. The molecule has 0 unspecified atom stereocenters. The van der Waals surface area contributed by atoms with Crippen molar-refractivity contribution < 1.29 is 14.3 Å². The van der Waals surface area contributed by atoms with E-state index in [1.807, 2.05) is 36.4 Å². The molecule has 8 heteroatoms. The highest BCUT2D eigenvalue weighted by atomic mass is 16.5. The molecular formula is C27H27N5O3. The SMILES string of the molecule is COc1ccccc1C1=NCc2ncc(-c3ccc(NC(=O)C4CNC4)c(C(=O)N(C)C)c3)cc21. The Morgan fingerprint density at radius 1 is 1.06 bits per heavy atom. The first-order chi connectivity index (χ1) is 17.0. The largest absolute Gasteiger partial charge is 0.496 e. The average molecular weight is 470 g/mol. The number of nitrogens with zero attached hydrogens (tertiary/aromatic N) is 3. The number of amides is 2. The van der Waals surface area contributed by atoms with Crippen LogP contribution >= 0.6 is 0 Å². The lowest BCUT2D eigenvalue weighted by Crippen LogP contribution is -2.48. The second kappa shape index (κ2) is 9.31. The van der Waals surface area contributed by atoms with Crippen molar-refractivity contribution in [2.75, 3.05) is 39.6 Å². The van der Waals surface area contributed by atoms with E-state index in [1.54, 1.807) is 33.5 Å². The number of anilines is 1. The Hall–Kier alpha value is -4.04. The zero-order valence-corrected chi connectivity index (χ0v) is 20.0. The van der Waals surface area contributed by atoms with Crippen LogP contribution in [0.25, 0.3) is 11.1 Å². The van der Waals surface area contributed by atoms with Crippen molar-refractivity contribution in [1.82, 2.24) is 15.2 Å². The van der Waals surface area contributed by atoms with Gasteiger partial charge in [-0.25, -0.2) is 0 Å². The predicted octanol–water partition coefficient (Wildman–Crippen LogP) is 2.97. The van der Waals surface area contributed by atoms with E-state index in [0.29, 0.717) is 30.9 Å². The smallest absolute Gasteiger partial charge is 0.255 e. The molecule has 0 spiro atoms. The van der Waals surface area contributed by atoms with Gasteiger partial charge in [0.2, 0.25) is 5.91 Å². The summed E-state index contributed by atoms with van der Waals surface area (Å²) >= 11 is 0. The molecule has 2 aliphatic rings. The maximum Gasteiger partial charge on any atom is 0.255 e. The van der Waals surface area contributed by atoms with Gasteiger partial charge in [-0.05, 0) is 35.9 Å². The number of carbonyl (C=O) groups excluding carboxylic acids is 2. The fraction of sp³-hybridized carbons (Fsp3) is 0.259. The number of benzene rings is 2. The molecule has 0 saturated carbocycles. The van der Waals surface area contributed by atoms with Crippen LogP contribution in [0.4, 0.5) is 5.69 Å². The number of methoxy groups -OCH3 is 1. The zero-order valence-electron chi connectivity index (χ0n) is 20.0. The molecule has 0 atom stereocenters. The van der Waals surface area contributed by atoms with Crippen molar-refractivity contribution in [3.05, 3.63) is 77.1 Å². The second-order valence-electron chi connectivity index (χ2n) is 8.89. The molecule has 2 aromatic carbocycles. The topological polar surface area (TPSA) is 95.9 Å². The summed E-state index contributed by atoms with van der Waals surface area (Å²) in [6.07, 6.45) is 1.80. The lowest BCUT2D eigenvalue weighted by molar-refractivity contribution is -0.121. The molecule has 1 saturated heterocycles. The van der Waals surface area contributed by atoms with Crippen molar-refractivity contribution in [3.8, 4) is 16.9 Å². The first kappa shape index (κ1) is 22.7. The maximum atomic E-state index is 13.0. The van der Waals surface area contributed by atoms with Gasteiger partial charge in [0, 0.05) is 50.1 Å². The van der Waals surface area contributed by atoms with Gasteiger partial charge in [0.15, 0.2) is 0 Å². The van der Waals surface area contributed by atoms with Crippen LogP contribution in [0, 0.1) is 5.92 Å². The number of fused-ring (bicyclic) bond motifs is 1. The summed E-state index contributed by atoms with van der Waals surface area (Å²) in [5, 5.41) is 6.03. The molecule has 3 aromatic rings. The van der Waals surface area contributed by atoms with Crippen LogP contribution in [0.5, 0.6) is 5.75 Å². The standard InChI is InChI=1S/C27H27N5O3/c1-32(2)27(34)21-10-16(8-9-22(21)31-26(33)18-12-28-13-18)17-11-20-23(29-14-17)15-30-25(20)19-6-4-5-7-24(19)35-3/h4-11,14,18,28H,12-13,15H2,1-3H3,(H,31,33). The van der Waals surface area contributed by atoms with Crippen molar-refractivity contribution in [1.29, 1.82) is 0 Å². The summed E-state index contributed by atoms with van der Waals surface area (Å²) in [6.45, 7) is 1.81. The Bertz CT molecular complexity index is 1340. The molecule has 8 nitrogen and oxygen atoms in total. The van der Waals surface area contributed by atoms with Gasteiger partial charge in [0.05, 0.1) is 42.2 Å². The summed E-state index contributed by atoms with van der Waals surface area (Å²) in [5.74, 6) is 0.413. The summed E-state index contributed by atoms with van der Waals surface area (Å²) in [4.78, 5) is 36.4. The molecule has 1 fully saturated rings. The Balaban J connectivity index is 1.52. The normalized spacial score (nSPS) is 14.5. The van der Waals surface area contributed by atoms with Gasteiger partial charge in [0.25, 0.3) is 5.91 Å². The van der Waals surface area contributed by atoms with Crippen LogP contribution in [0.3, 0.4) is 0 Å². The number of ether oxygens (including phenoxy) is 1. The van der Waals surface area contributed by atoms with E-state index in [2.05, 4.69) is 21.7 Å². The second-order valence-corrected chi connectivity index (χ2v) is 8.89. The van der Waals surface area contributed by atoms with Gasteiger partial charge in [-0.2, -0.15) is 0 Å². The van der Waals surface area contributed by atoms with Gasteiger partial charge in [-0.15, -0.1) is 0 Å². The minimum Gasteiger partial charge on any atom is -0.496 e. The van der Waals surface area contributed by atoms with E-state index in [4.69, 9.17) is 9.73 Å². The monoisotopic (exact) mass is 469 g/mol. The van der Waals surface area contributed by atoms with E-state index in [-0.39, 0.29) is 17.7 Å². The summed E-state index contributed by atoms with van der Waals surface area (Å²) in [5.41, 5.74) is 6.25. The molecule has 2 N–H and O–H groups in total. The van der Waals surface area contributed by atoms with Crippen molar-refractivity contribution in [2.24, 2.45) is 10.9 Å². The number of hydrogen-bond acceptors (Lipinski definition) is 6. The highest BCUT2D eigenvalue weighted by molar-refractivity contribution is 6.16. The van der Waals surface area contributed by atoms with E-state index in [1.165, 1.54) is 4.90 Å². The summed E-state index contributed by atoms with van der Waals surface area (Å²) in [6, 6.07) is 15.4. The zero-order chi connectivity index (χ0) is 24.5. The Morgan fingerprint density at radius 2 is 1.86 bits per heavy atom. The number of rotatable bonds is 6. The number of para-hydroxylation sites is 1. The molecular weight excluding hydrogens is 442 g/mol. The first-order valence-corrected chi connectivity index (χ1v) is 11.5. The highest BCUT2D eigenvalue weighted by Crippen LogP contribution is 2.32. The van der Waals surface area contributed by atoms with Crippen LogP contribution in [0.1, 0.15) is 27.2 Å². The molecule has 2 aliphatic heterocycles. The summed E-state index contributed by atoms with van der Waals surface area (Å²) in [7, 11) is 5.04. The minimum absolute atomic E-state index is 0.0782. The van der Waals surface area contributed by atoms with E-state index in [0.717, 1.165) is 39.4 Å². The number of aliphatic imine (C=N–C) groups is 1. The van der Waals surface area contributed by atoms with Gasteiger partial charge in [-0.1, -0.05) is 18.2 Å². The Morgan fingerprint density at radius 3 is 2.57 bits per heavy atom. The minimum atomic E-state index is -0.181. The van der Waals surface area contributed by atoms with Crippen LogP contribution in [0.15, 0.2) is 59.7 Å². The van der Waals surface area contributed by atoms with E-state index < -0.39 is 0 Å². The number of carbonyl (C=O) groups is 2. The molecule has 3 heterocycles. The molecule has 0 aliphatic carbocycles. The molecule has 2 amide bonds. The quantitative estimate of drug-likeness (QED) is 0.579. The van der Waals surface area contributed by atoms with Crippen LogP contribution in [-0.4, -0.2) is 61.7 Å². The van der Waals surface area contributed by atoms with Gasteiger partial charge in [-0.3, -0.25) is 19.6 Å². The van der Waals surface area contributed by atoms with Crippen molar-refractivity contribution in [3.63, 3.8) is 0 Å².